The Labute approximate surface area is 87.5 Å². The predicted molar refractivity (Wildman–Crippen MR) is 53.5 cm³/mol. The third kappa shape index (κ3) is 3.58. The first-order valence-corrected chi connectivity index (χ1v) is 4.76. The van der Waals surface area contributed by atoms with Gasteiger partial charge in [0.2, 0.25) is 0 Å². The van der Waals surface area contributed by atoms with Gasteiger partial charge in [0.25, 0.3) is 0 Å². The number of carboxylic acid groups (broad SMARTS) is 1. The minimum Gasteiger partial charge on any atom is -0.494 e. The Hall–Kier alpha value is -1.58. The lowest BCUT2D eigenvalue weighted by atomic mass is 10.1. The van der Waals surface area contributed by atoms with Gasteiger partial charge in [0.15, 0.2) is 0 Å². The highest BCUT2D eigenvalue weighted by Gasteiger charge is 2.06. The quantitative estimate of drug-likeness (QED) is 0.814. The van der Waals surface area contributed by atoms with Crippen LogP contribution in [0.25, 0.3) is 0 Å². The van der Waals surface area contributed by atoms with Crippen LogP contribution in [0, 0.1) is 5.82 Å². The monoisotopic (exact) mass is 212 g/mol. The molecular weight excluding hydrogens is 199 g/mol. The molecule has 1 rings (SSSR count). The van der Waals surface area contributed by atoms with Crippen LogP contribution in [0.1, 0.15) is 18.9 Å². The second kappa shape index (κ2) is 5.34. The highest BCUT2D eigenvalue weighted by atomic mass is 19.1. The summed E-state index contributed by atoms with van der Waals surface area (Å²) in [7, 11) is 0. The molecule has 1 aromatic carbocycles. The minimum atomic E-state index is -0.928. The maximum absolute atomic E-state index is 13.4. The van der Waals surface area contributed by atoms with Crippen molar-refractivity contribution in [3.63, 3.8) is 0 Å². The van der Waals surface area contributed by atoms with E-state index in [1.807, 2.05) is 6.92 Å². The van der Waals surface area contributed by atoms with Crippen LogP contribution in [0.4, 0.5) is 4.39 Å². The normalized spacial score (nSPS) is 10.0. The van der Waals surface area contributed by atoms with Crippen LogP contribution < -0.4 is 4.74 Å². The van der Waals surface area contributed by atoms with E-state index in [1.165, 1.54) is 6.07 Å². The summed E-state index contributed by atoms with van der Waals surface area (Å²) in [6.07, 6.45) is 0.137. The lowest BCUT2D eigenvalue weighted by Crippen LogP contribution is -2.00. The van der Waals surface area contributed by atoms with Gasteiger partial charge in [-0.3, -0.25) is 4.79 Å². The van der Waals surface area contributed by atoms with E-state index in [2.05, 4.69) is 0 Å². The third-order valence-electron chi connectivity index (χ3n) is 1.94. The number of aliphatic carboxylic acids is 1. The first-order chi connectivity index (χ1) is 7.13. The van der Waals surface area contributed by atoms with Gasteiger partial charge >= 0.3 is 5.97 Å². The molecule has 0 spiro atoms. The lowest BCUT2D eigenvalue weighted by molar-refractivity contribution is -0.136. The first kappa shape index (κ1) is 11.5. The zero-order valence-electron chi connectivity index (χ0n) is 8.50. The summed E-state index contributed by atoms with van der Waals surface area (Å²) >= 11 is 0. The van der Waals surface area contributed by atoms with Crippen LogP contribution in [0.3, 0.4) is 0 Å². The molecule has 0 fully saturated rings. The molecule has 0 radical (unpaired) electrons. The van der Waals surface area contributed by atoms with Crippen molar-refractivity contribution in [2.45, 2.75) is 19.8 Å². The highest BCUT2D eigenvalue weighted by Crippen LogP contribution is 2.17. The Kier molecular flexibility index (Phi) is 4.09. The first-order valence-electron chi connectivity index (χ1n) is 4.76. The lowest BCUT2D eigenvalue weighted by Gasteiger charge is -2.05. The van der Waals surface area contributed by atoms with Crippen molar-refractivity contribution in [3.8, 4) is 5.75 Å². The minimum absolute atomic E-state index is 0.0646. The Balaban J connectivity index is 2.70. The topological polar surface area (TPSA) is 46.5 Å². The molecule has 1 N–H and O–H groups in total. The molecule has 0 amide bonds. The van der Waals surface area contributed by atoms with Gasteiger partial charge in [-0.15, -0.1) is 0 Å². The molecular formula is C11H13FO3. The fourth-order valence-electron chi connectivity index (χ4n) is 1.23. The number of aryl methyl sites for hydroxylation is 1. The number of rotatable bonds is 5. The van der Waals surface area contributed by atoms with Crippen LogP contribution in [0.2, 0.25) is 0 Å². The molecule has 0 atom stereocenters. The van der Waals surface area contributed by atoms with E-state index in [0.29, 0.717) is 17.9 Å². The maximum Gasteiger partial charge on any atom is 0.303 e. The van der Waals surface area contributed by atoms with Crippen molar-refractivity contribution < 1.29 is 19.0 Å². The molecule has 15 heavy (non-hydrogen) atoms. The third-order valence-corrected chi connectivity index (χ3v) is 1.94. The number of ether oxygens (including phenoxy) is 1. The average molecular weight is 212 g/mol. The van der Waals surface area contributed by atoms with Gasteiger partial charge in [-0.2, -0.15) is 0 Å². The van der Waals surface area contributed by atoms with Crippen molar-refractivity contribution in [1.82, 2.24) is 0 Å². The second-order valence-corrected chi connectivity index (χ2v) is 3.08. The average Bonchev–Trinajstić information content (AvgIpc) is 2.17. The molecule has 0 aliphatic heterocycles. The zero-order chi connectivity index (χ0) is 11.3. The van der Waals surface area contributed by atoms with E-state index in [9.17, 15) is 9.18 Å². The number of carboxylic acids is 1. The summed E-state index contributed by atoms with van der Waals surface area (Å²) in [5.41, 5.74) is 0.404. The SMILES string of the molecule is CCOc1ccc(CCC(=O)O)c(F)c1. The molecule has 0 aliphatic carbocycles. The summed E-state index contributed by atoms with van der Waals surface area (Å²) in [6, 6.07) is 4.48. The van der Waals surface area contributed by atoms with E-state index in [0.717, 1.165) is 0 Å². The number of carbonyl (C=O) groups is 1. The number of halogens is 1. The van der Waals surface area contributed by atoms with Crippen LogP contribution in [0.15, 0.2) is 18.2 Å². The zero-order valence-corrected chi connectivity index (χ0v) is 8.50. The van der Waals surface area contributed by atoms with E-state index < -0.39 is 11.8 Å². The molecule has 0 bridgehead atoms. The molecule has 1 aromatic rings. The Morgan fingerprint density at radius 1 is 1.53 bits per heavy atom. The molecule has 82 valence electrons. The van der Waals surface area contributed by atoms with E-state index in [4.69, 9.17) is 9.84 Å². The van der Waals surface area contributed by atoms with Gasteiger partial charge in [0, 0.05) is 12.5 Å². The van der Waals surface area contributed by atoms with Gasteiger partial charge in [-0.1, -0.05) is 6.07 Å². The summed E-state index contributed by atoms with van der Waals surface area (Å²) in [6.45, 7) is 2.30. The highest BCUT2D eigenvalue weighted by molar-refractivity contribution is 5.67. The van der Waals surface area contributed by atoms with Gasteiger partial charge in [-0.05, 0) is 25.0 Å². The molecule has 0 heterocycles. The summed E-state index contributed by atoms with van der Waals surface area (Å²) < 4.78 is 18.5. The molecule has 0 aliphatic rings. The Bertz CT molecular complexity index is 350. The van der Waals surface area contributed by atoms with Crippen molar-refractivity contribution in [3.05, 3.63) is 29.6 Å². The van der Waals surface area contributed by atoms with Crippen LogP contribution in [0.5, 0.6) is 5.75 Å². The van der Waals surface area contributed by atoms with Crippen LogP contribution >= 0.6 is 0 Å². The number of hydrogen-bond donors (Lipinski definition) is 1. The van der Waals surface area contributed by atoms with Crippen molar-refractivity contribution in [1.29, 1.82) is 0 Å². The molecule has 3 nitrogen and oxygen atoms in total. The van der Waals surface area contributed by atoms with Gasteiger partial charge in [0.1, 0.15) is 11.6 Å². The van der Waals surface area contributed by atoms with Crippen molar-refractivity contribution >= 4 is 5.97 Å². The molecule has 4 heteroatoms. The summed E-state index contributed by atoms with van der Waals surface area (Å²) in [5.74, 6) is -0.875. The summed E-state index contributed by atoms with van der Waals surface area (Å²) in [5, 5.41) is 8.46. The number of hydrogen-bond acceptors (Lipinski definition) is 2. The molecule has 0 unspecified atom stereocenters. The molecule has 0 aromatic heterocycles. The van der Waals surface area contributed by atoms with Crippen LogP contribution in [-0.4, -0.2) is 17.7 Å². The second-order valence-electron chi connectivity index (χ2n) is 3.08. The fraction of sp³-hybridized carbons (Fsp3) is 0.364. The van der Waals surface area contributed by atoms with E-state index in [1.54, 1.807) is 12.1 Å². The van der Waals surface area contributed by atoms with Crippen molar-refractivity contribution in [2.75, 3.05) is 6.61 Å². The standard InChI is InChI=1S/C11H13FO3/c1-2-15-9-5-3-8(10(12)7-9)4-6-11(13)14/h3,5,7H,2,4,6H2,1H3,(H,13,14). The largest absolute Gasteiger partial charge is 0.494 e. The molecule has 0 saturated carbocycles. The predicted octanol–water partition coefficient (Wildman–Crippen LogP) is 2.24. The Morgan fingerprint density at radius 3 is 2.80 bits per heavy atom. The smallest absolute Gasteiger partial charge is 0.303 e. The fourth-order valence-corrected chi connectivity index (χ4v) is 1.23. The van der Waals surface area contributed by atoms with E-state index in [-0.39, 0.29) is 12.8 Å². The van der Waals surface area contributed by atoms with Gasteiger partial charge in [-0.25, -0.2) is 4.39 Å². The van der Waals surface area contributed by atoms with E-state index >= 15 is 0 Å². The number of benzene rings is 1. The van der Waals surface area contributed by atoms with Crippen molar-refractivity contribution in [2.24, 2.45) is 0 Å². The van der Waals surface area contributed by atoms with Crippen LogP contribution in [-0.2, 0) is 11.2 Å². The molecule has 0 saturated heterocycles. The van der Waals surface area contributed by atoms with Gasteiger partial charge < -0.3 is 9.84 Å². The maximum atomic E-state index is 13.4. The Morgan fingerprint density at radius 2 is 2.27 bits per heavy atom. The summed E-state index contributed by atoms with van der Waals surface area (Å²) in [4.78, 5) is 10.3. The van der Waals surface area contributed by atoms with Gasteiger partial charge in [0.05, 0.1) is 6.61 Å².